The number of nitrogens with zero attached hydrogens (tertiary/aromatic N) is 4. The molecule has 1 unspecified atom stereocenters. The minimum absolute atomic E-state index is 0.0471. The molecule has 2 heterocycles. The van der Waals surface area contributed by atoms with Crippen molar-refractivity contribution in [2.75, 3.05) is 39.8 Å². The molecule has 1 fully saturated rings. The molecular formula is C24H27FN4O3. The Morgan fingerprint density at radius 1 is 1.06 bits per heavy atom. The molecular weight excluding hydrogens is 411 g/mol. The van der Waals surface area contributed by atoms with Crippen LogP contribution in [0.3, 0.4) is 0 Å². The van der Waals surface area contributed by atoms with Crippen LogP contribution in [0.1, 0.15) is 30.5 Å². The lowest BCUT2D eigenvalue weighted by atomic mass is 9.97. The second-order valence-corrected chi connectivity index (χ2v) is 8.01. The normalized spacial score (nSPS) is 19.1. The van der Waals surface area contributed by atoms with Gasteiger partial charge in [0.2, 0.25) is 5.91 Å². The van der Waals surface area contributed by atoms with Gasteiger partial charge in [-0.3, -0.25) is 14.5 Å². The van der Waals surface area contributed by atoms with E-state index in [4.69, 9.17) is 4.74 Å². The van der Waals surface area contributed by atoms with Gasteiger partial charge in [0, 0.05) is 50.7 Å². The van der Waals surface area contributed by atoms with Gasteiger partial charge in [-0.05, 0) is 12.1 Å². The summed E-state index contributed by atoms with van der Waals surface area (Å²) in [6.45, 7) is 4.20. The average Bonchev–Trinajstić information content (AvgIpc) is 3.25. The maximum Gasteiger partial charge on any atom is 0.257 e. The van der Waals surface area contributed by atoms with E-state index in [1.54, 1.807) is 37.1 Å². The van der Waals surface area contributed by atoms with Crippen LogP contribution in [0.5, 0.6) is 5.75 Å². The fourth-order valence-electron chi connectivity index (χ4n) is 4.27. The standard InChI is InChI=1S/C24H27FN4O3/c1-17(30)28-13-11-27(12-14-28)16-24(31)29-22(19-8-4-6-10-23(19)32-2)15-21(26-29)18-7-3-5-9-20(18)25/h3-10,22H,11-16H2,1-2H3. The Morgan fingerprint density at radius 3 is 2.44 bits per heavy atom. The maximum atomic E-state index is 14.5. The number of carbonyl (C=O) groups is 2. The Labute approximate surface area is 187 Å². The number of rotatable bonds is 5. The van der Waals surface area contributed by atoms with Crippen LogP contribution in [0, 0.1) is 5.82 Å². The molecule has 2 aliphatic heterocycles. The number of methoxy groups -OCH3 is 1. The molecule has 2 aromatic carbocycles. The van der Waals surface area contributed by atoms with Crippen LogP contribution in [0.15, 0.2) is 53.6 Å². The molecule has 1 saturated heterocycles. The summed E-state index contributed by atoms with van der Waals surface area (Å²) in [6.07, 6.45) is 0.394. The molecule has 0 N–H and O–H groups in total. The highest BCUT2D eigenvalue weighted by Crippen LogP contribution is 2.37. The molecule has 32 heavy (non-hydrogen) atoms. The number of halogens is 1. The van der Waals surface area contributed by atoms with Crippen molar-refractivity contribution in [3.8, 4) is 5.75 Å². The number of para-hydroxylation sites is 1. The third kappa shape index (κ3) is 4.50. The highest BCUT2D eigenvalue weighted by atomic mass is 19.1. The summed E-state index contributed by atoms with van der Waals surface area (Å²) in [5, 5.41) is 6.04. The molecule has 2 amide bonds. The lowest BCUT2D eigenvalue weighted by molar-refractivity contribution is -0.135. The molecule has 0 radical (unpaired) electrons. The molecule has 8 heteroatoms. The summed E-state index contributed by atoms with van der Waals surface area (Å²) in [5.41, 5.74) is 1.77. The summed E-state index contributed by atoms with van der Waals surface area (Å²) in [5.74, 6) is 0.185. The summed E-state index contributed by atoms with van der Waals surface area (Å²) in [7, 11) is 1.59. The molecule has 7 nitrogen and oxygen atoms in total. The van der Waals surface area contributed by atoms with E-state index in [9.17, 15) is 14.0 Å². The summed E-state index contributed by atoms with van der Waals surface area (Å²) in [4.78, 5) is 28.7. The first kappa shape index (κ1) is 22.0. The minimum Gasteiger partial charge on any atom is -0.496 e. The van der Waals surface area contributed by atoms with Gasteiger partial charge < -0.3 is 9.64 Å². The van der Waals surface area contributed by atoms with Gasteiger partial charge in [-0.25, -0.2) is 9.40 Å². The number of amides is 2. The quantitative estimate of drug-likeness (QED) is 0.720. The van der Waals surface area contributed by atoms with Crippen LogP contribution < -0.4 is 4.74 Å². The number of hydrogen-bond acceptors (Lipinski definition) is 5. The van der Waals surface area contributed by atoms with Crippen molar-refractivity contribution in [1.82, 2.24) is 14.8 Å². The Morgan fingerprint density at radius 2 is 1.75 bits per heavy atom. The number of hydrazone groups is 1. The summed E-state index contributed by atoms with van der Waals surface area (Å²) < 4.78 is 20.0. The Kier molecular flexibility index (Phi) is 6.50. The third-order valence-corrected chi connectivity index (χ3v) is 6.03. The van der Waals surface area contributed by atoms with Crippen molar-refractivity contribution in [2.45, 2.75) is 19.4 Å². The van der Waals surface area contributed by atoms with Crippen molar-refractivity contribution in [1.29, 1.82) is 0 Å². The highest BCUT2D eigenvalue weighted by Gasteiger charge is 2.36. The summed E-state index contributed by atoms with van der Waals surface area (Å²) >= 11 is 0. The molecule has 2 aliphatic rings. The zero-order valence-electron chi connectivity index (χ0n) is 18.3. The number of hydrogen-bond donors (Lipinski definition) is 0. The fraction of sp³-hybridized carbons (Fsp3) is 0.375. The molecule has 1 atom stereocenters. The van der Waals surface area contributed by atoms with E-state index < -0.39 is 0 Å². The van der Waals surface area contributed by atoms with Crippen molar-refractivity contribution in [3.05, 3.63) is 65.5 Å². The van der Waals surface area contributed by atoms with Gasteiger partial charge in [0.15, 0.2) is 0 Å². The topological polar surface area (TPSA) is 65.5 Å². The van der Waals surface area contributed by atoms with E-state index in [1.165, 1.54) is 11.1 Å². The van der Waals surface area contributed by atoms with Gasteiger partial charge in [0.25, 0.3) is 5.91 Å². The average molecular weight is 439 g/mol. The molecule has 0 aliphatic carbocycles. The van der Waals surface area contributed by atoms with E-state index in [0.29, 0.717) is 49.6 Å². The van der Waals surface area contributed by atoms with Crippen LogP contribution in [0.2, 0.25) is 0 Å². The molecule has 0 spiro atoms. The highest BCUT2D eigenvalue weighted by molar-refractivity contribution is 6.03. The van der Waals surface area contributed by atoms with E-state index in [1.807, 2.05) is 29.2 Å². The largest absolute Gasteiger partial charge is 0.496 e. The van der Waals surface area contributed by atoms with Gasteiger partial charge in [-0.2, -0.15) is 5.10 Å². The Hall–Kier alpha value is -3.26. The predicted molar refractivity (Wildman–Crippen MR) is 119 cm³/mol. The Bertz CT molecular complexity index is 1030. The maximum absolute atomic E-state index is 14.5. The third-order valence-electron chi connectivity index (χ3n) is 6.03. The second kappa shape index (κ2) is 9.48. The zero-order chi connectivity index (χ0) is 22.7. The molecule has 168 valence electrons. The van der Waals surface area contributed by atoms with Gasteiger partial charge >= 0.3 is 0 Å². The van der Waals surface area contributed by atoms with Crippen LogP contribution in [0.25, 0.3) is 0 Å². The Balaban J connectivity index is 1.59. The van der Waals surface area contributed by atoms with Crippen LogP contribution >= 0.6 is 0 Å². The second-order valence-electron chi connectivity index (χ2n) is 8.01. The van der Waals surface area contributed by atoms with Crippen molar-refractivity contribution < 1.29 is 18.7 Å². The van der Waals surface area contributed by atoms with E-state index in [-0.39, 0.29) is 30.2 Å². The van der Waals surface area contributed by atoms with Gasteiger partial charge in [-0.15, -0.1) is 0 Å². The monoisotopic (exact) mass is 438 g/mol. The van der Waals surface area contributed by atoms with Crippen LogP contribution in [0.4, 0.5) is 4.39 Å². The van der Waals surface area contributed by atoms with Gasteiger partial charge in [0.1, 0.15) is 11.6 Å². The smallest absolute Gasteiger partial charge is 0.257 e. The fourth-order valence-corrected chi connectivity index (χ4v) is 4.27. The molecule has 4 rings (SSSR count). The van der Waals surface area contributed by atoms with E-state index >= 15 is 0 Å². The first-order valence-electron chi connectivity index (χ1n) is 10.7. The molecule has 0 saturated carbocycles. The van der Waals surface area contributed by atoms with Crippen LogP contribution in [-0.2, 0) is 9.59 Å². The van der Waals surface area contributed by atoms with Crippen molar-refractivity contribution in [3.63, 3.8) is 0 Å². The lowest BCUT2D eigenvalue weighted by Gasteiger charge is -2.34. The van der Waals surface area contributed by atoms with E-state index in [2.05, 4.69) is 5.10 Å². The summed E-state index contributed by atoms with van der Waals surface area (Å²) in [6, 6.07) is 13.6. The number of carbonyl (C=O) groups excluding carboxylic acids is 2. The molecule has 2 aromatic rings. The number of piperazine rings is 1. The first-order chi connectivity index (χ1) is 15.5. The van der Waals surface area contributed by atoms with Crippen molar-refractivity contribution >= 4 is 17.5 Å². The molecule has 0 aromatic heterocycles. The van der Waals surface area contributed by atoms with E-state index in [0.717, 1.165) is 5.56 Å². The first-order valence-corrected chi connectivity index (χ1v) is 10.7. The van der Waals surface area contributed by atoms with Crippen LogP contribution in [-0.4, -0.2) is 72.2 Å². The molecule has 0 bridgehead atoms. The van der Waals surface area contributed by atoms with Crippen molar-refractivity contribution in [2.24, 2.45) is 5.10 Å². The lowest BCUT2D eigenvalue weighted by Crippen LogP contribution is -2.50. The van der Waals surface area contributed by atoms with Gasteiger partial charge in [-0.1, -0.05) is 36.4 Å². The van der Waals surface area contributed by atoms with Gasteiger partial charge in [0.05, 0.1) is 25.4 Å². The minimum atomic E-state index is -0.383. The number of ether oxygens (including phenoxy) is 1. The SMILES string of the molecule is COc1ccccc1C1CC(c2ccccc2F)=NN1C(=O)CN1CCN(C(C)=O)CC1. The zero-order valence-corrected chi connectivity index (χ0v) is 18.3. The number of benzene rings is 2. The predicted octanol–water partition coefficient (Wildman–Crippen LogP) is 2.68.